The fourth-order valence-electron chi connectivity index (χ4n) is 3.71. The summed E-state index contributed by atoms with van der Waals surface area (Å²) in [7, 11) is 0. The molecule has 8 heteroatoms. The molecule has 8 nitrogen and oxygen atoms in total. The number of rotatable bonds is 2. The molecule has 0 atom stereocenters. The molecule has 1 amide bonds. The number of nitrogens with zero attached hydrogens (tertiary/aromatic N) is 3. The Hall–Kier alpha value is -5.05. The average Bonchev–Trinajstić information content (AvgIpc) is 3.04. The van der Waals surface area contributed by atoms with Gasteiger partial charge in [0.05, 0.1) is 16.8 Å². The number of anilines is 1. The van der Waals surface area contributed by atoms with Crippen LogP contribution in [0.4, 0.5) is 5.69 Å². The Morgan fingerprint density at radius 1 is 1.15 bits per heavy atom. The average molecular weight is 448 g/mol. The zero-order valence-corrected chi connectivity index (χ0v) is 18.3. The predicted octanol–water partition coefficient (Wildman–Crippen LogP) is 3.82. The number of amides is 1. The molecular weight excluding hydrogens is 432 g/mol. The monoisotopic (exact) mass is 448 g/mol. The molecule has 2 aromatic rings. The number of benzene rings is 1. The highest BCUT2D eigenvalue weighted by Gasteiger charge is 2.38. The molecule has 0 fully saturated rings. The third-order valence-corrected chi connectivity index (χ3v) is 5.37. The summed E-state index contributed by atoms with van der Waals surface area (Å²) in [5.74, 6) is 5.67. The van der Waals surface area contributed by atoms with E-state index >= 15 is 0 Å². The molecule has 164 valence electrons. The van der Waals surface area contributed by atoms with Crippen molar-refractivity contribution < 1.29 is 13.9 Å². The van der Waals surface area contributed by atoms with Gasteiger partial charge in [0.15, 0.2) is 11.3 Å². The first kappa shape index (κ1) is 22.2. The van der Waals surface area contributed by atoms with Crippen LogP contribution in [0.1, 0.15) is 37.8 Å². The third kappa shape index (κ3) is 3.93. The Kier molecular flexibility index (Phi) is 5.52. The van der Waals surface area contributed by atoms with Gasteiger partial charge < -0.3 is 14.5 Å². The van der Waals surface area contributed by atoms with Crippen LogP contribution in [0.2, 0.25) is 0 Å². The predicted molar refractivity (Wildman–Crippen MR) is 122 cm³/mol. The van der Waals surface area contributed by atoms with Crippen LogP contribution in [0.25, 0.3) is 17.0 Å². The Morgan fingerprint density at radius 2 is 1.91 bits per heavy atom. The highest BCUT2D eigenvalue weighted by Crippen LogP contribution is 2.40. The van der Waals surface area contributed by atoms with E-state index in [1.165, 1.54) is 12.2 Å². The molecule has 0 bridgehead atoms. The summed E-state index contributed by atoms with van der Waals surface area (Å²) < 4.78 is 11.2. The van der Waals surface area contributed by atoms with Crippen molar-refractivity contribution in [2.75, 3.05) is 5.32 Å². The molecule has 0 unspecified atom stereocenters. The van der Waals surface area contributed by atoms with Gasteiger partial charge in [-0.25, -0.2) is 4.79 Å². The molecule has 0 saturated carbocycles. The molecule has 0 spiro atoms. The van der Waals surface area contributed by atoms with Crippen LogP contribution in [0.5, 0.6) is 0 Å². The first-order chi connectivity index (χ1) is 16.3. The molecule has 0 aliphatic carbocycles. The zero-order chi connectivity index (χ0) is 24.5. The molecular formula is C26H16N4O4. The minimum Gasteiger partial charge on any atom is -0.480 e. The maximum atomic E-state index is 12.6. The Balaban J connectivity index is 1.82. The summed E-state index contributed by atoms with van der Waals surface area (Å²) in [6, 6.07) is 10.4. The van der Waals surface area contributed by atoms with E-state index in [1.807, 2.05) is 6.07 Å². The summed E-state index contributed by atoms with van der Waals surface area (Å²) in [5.41, 5.74) is 0.160. The highest BCUT2D eigenvalue weighted by atomic mass is 16.5. The van der Waals surface area contributed by atoms with Crippen molar-refractivity contribution in [1.29, 1.82) is 15.8 Å². The molecule has 2 aliphatic rings. The lowest BCUT2D eigenvalue weighted by Crippen LogP contribution is -2.20. The first-order valence-corrected chi connectivity index (χ1v) is 10.2. The van der Waals surface area contributed by atoms with Crippen molar-refractivity contribution in [2.45, 2.75) is 32.3 Å². The Bertz CT molecular complexity index is 1590. The molecule has 0 saturated heterocycles. The van der Waals surface area contributed by atoms with Gasteiger partial charge in [-0.2, -0.15) is 15.8 Å². The molecule has 1 aromatic carbocycles. The second-order valence-electron chi connectivity index (χ2n) is 8.05. The normalized spacial score (nSPS) is 16.2. The summed E-state index contributed by atoms with van der Waals surface area (Å²) in [6.07, 6.45) is 3.77. The van der Waals surface area contributed by atoms with Crippen LogP contribution in [0.15, 0.2) is 56.0 Å². The van der Waals surface area contributed by atoms with Gasteiger partial charge in [-0.3, -0.25) is 4.79 Å². The van der Waals surface area contributed by atoms with Gasteiger partial charge in [0.25, 0.3) is 0 Å². The topological polar surface area (TPSA) is 140 Å². The summed E-state index contributed by atoms with van der Waals surface area (Å²) >= 11 is 0. The maximum absolute atomic E-state index is 12.6. The highest BCUT2D eigenvalue weighted by molar-refractivity contribution is 5.96. The van der Waals surface area contributed by atoms with Gasteiger partial charge in [0, 0.05) is 23.8 Å². The number of carbonyl (C=O) groups excluding carboxylic acids is 1. The van der Waals surface area contributed by atoms with Crippen molar-refractivity contribution in [2.24, 2.45) is 0 Å². The number of carbonyl (C=O) groups is 1. The lowest BCUT2D eigenvalue weighted by atomic mass is 9.94. The largest absolute Gasteiger partial charge is 0.480 e. The van der Waals surface area contributed by atoms with Gasteiger partial charge in [-0.05, 0) is 38.1 Å². The number of allylic oxidation sites excluding steroid dienone is 2. The summed E-state index contributed by atoms with van der Waals surface area (Å²) in [5, 5.41) is 31.4. The molecule has 1 aromatic heterocycles. The van der Waals surface area contributed by atoms with Crippen molar-refractivity contribution in [3.63, 3.8) is 0 Å². The standard InChI is InChI=1S/C26H16N4O4/c1-26(2)20(19(14-29)24(34-26)18(12-27)13-28)8-7-16-9-17-10-21-15(11-22(17)33-25(16)32)5-3-4-6-23(31)30-21/h7-11H,4,6H2,1-2H3,(H,30,31)/b8-7+. The smallest absolute Gasteiger partial charge is 0.343 e. The third-order valence-electron chi connectivity index (χ3n) is 5.37. The van der Waals surface area contributed by atoms with Crippen LogP contribution in [0.3, 0.4) is 0 Å². The van der Waals surface area contributed by atoms with Gasteiger partial charge in [-0.1, -0.05) is 17.9 Å². The Labute approximate surface area is 194 Å². The summed E-state index contributed by atoms with van der Waals surface area (Å²) in [4.78, 5) is 24.6. The number of nitriles is 3. The molecule has 34 heavy (non-hydrogen) atoms. The molecule has 0 radical (unpaired) electrons. The van der Waals surface area contributed by atoms with Crippen molar-refractivity contribution in [3.05, 3.63) is 68.3 Å². The number of hydrogen-bond donors (Lipinski definition) is 1. The number of hydrogen-bond acceptors (Lipinski definition) is 7. The fraction of sp³-hybridized carbons (Fsp3) is 0.192. The number of ether oxygens (including phenoxy) is 1. The van der Waals surface area contributed by atoms with Crippen molar-refractivity contribution >= 4 is 28.6 Å². The minimum atomic E-state index is -1.01. The van der Waals surface area contributed by atoms with Crippen molar-refractivity contribution in [3.8, 4) is 30.0 Å². The van der Waals surface area contributed by atoms with E-state index in [9.17, 15) is 25.4 Å². The van der Waals surface area contributed by atoms with E-state index in [-0.39, 0.29) is 28.4 Å². The van der Waals surface area contributed by atoms with Crippen LogP contribution < -0.4 is 10.9 Å². The lowest BCUT2D eigenvalue weighted by molar-refractivity contribution is -0.116. The van der Waals surface area contributed by atoms with Gasteiger partial charge in [-0.15, -0.1) is 0 Å². The van der Waals surface area contributed by atoms with Crippen LogP contribution in [0, 0.1) is 45.8 Å². The second kappa shape index (κ2) is 8.47. The number of fused-ring (bicyclic) bond motifs is 2. The lowest BCUT2D eigenvalue weighted by Gasteiger charge is -2.20. The van der Waals surface area contributed by atoms with Gasteiger partial charge in [0.1, 0.15) is 35.0 Å². The van der Waals surface area contributed by atoms with E-state index in [0.29, 0.717) is 40.6 Å². The Morgan fingerprint density at radius 3 is 2.62 bits per heavy atom. The number of nitrogens with one attached hydrogen (secondary N) is 1. The molecule has 2 aliphatic heterocycles. The van der Waals surface area contributed by atoms with Crippen LogP contribution in [-0.2, 0) is 9.53 Å². The van der Waals surface area contributed by atoms with E-state index < -0.39 is 11.2 Å². The van der Waals surface area contributed by atoms with E-state index in [1.54, 1.807) is 44.2 Å². The first-order valence-electron chi connectivity index (χ1n) is 10.2. The van der Waals surface area contributed by atoms with Crippen LogP contribution >= 0.6 is 0 Å². The second-order valence-corrected chi connectivity index (χ2v) is 8.05. The maximum Gasteiger partial charge on any atom is 0.343 e. The van der Waals surface area contributed by atoms with Crippen molar-refractivity contribution in [1.82, 2.24) is 0 Å². The van der Waals surface area contributed by atoms with Crippen LogP contribution in [-0.4, -0.2) is 11.5 Å². The van der Waals surface area contributed by atoms with E-state index in [2.05, 4.69) is 17.2 Å². The molecule has 4 rings (SSSR count). The van der Waals surface area contributed by atoms with Gasteiger partial charge >= 0.3 is 5.63 Å². The van der Waals surface area contributed by atoms with E-state index in [0.717, 1.165) is 0 Å². The SMILES string of the molecule is CC1(C)OC(=C(C#N)C#N)C(C#N)=C1/C=C/c1cc2cc3c(cc2oc1=O)C#CCCC(=O)N3. The fourth-order valence-corrected chi connectivity index (χ4v) is 3.71. The molecule has 1 N–H and O–H groups in total. The zero-order valence-electron chi connectivity index (χ0n) is 18.3. The van der Waals surface area contributed by atoms with E-state index in [4.69, 9.17) is 9.15 Å². The quantitative estimate of drug-likeness (QED) is 0.418. The minimum absolute atomic E-state index is 0.0483. The van der Waals surface area contributed by atoms with Gasteiger partial charge in [0.2, 0.25) is 5.91 Å². The molecule has 3 heterocycles. The summed E-state index contributed by atoms with van der Waals surface area (Å²) in [6.45, 7) is 3.38.